The molecule has 0 bridgehead atoms. The summed E-state index contributed by atoms with van der Waals surface area (Å²) in [5.74, 6) is 0.512. The van der Waals surface area contributed by atoms with Crippen LogP contribution in [-0.4, -0.2) is 11.7 Å². The summed E-state index contributed by atoms with van der Waals surface area (Å²) in [5, 5.41) is 9.26. The molecule has 1 nitrogen and oxygen atoms in total. The molecule has 0 aliphatic heterocycles. The van der Waals surface area contributed by atoms with Crippen molar-refractivity contribution in [2.24, 2.45) is 11.3 Å². The fourth-order valence-corrected chi connectivity index (χ4v) is 1.72. The van der Waals surface area contributed by atoms with Crippen molar-refractivity contribution in [3.05, 3.63) is 24.3 Å². The molecule has 1 aliphatic carbocycles. The molecule has 0 aromatic carbocycles. The Morgan fingerprint density at radius 1 is 1.42 bits per heavy atom. The highest BCUT2D eigenvalue weighted by molar-refractivity contribution is 5.18. The molecule has 1 aliphatic rings. The molecule has 0 amide bonds. The molecule has 0 saturated heterocycles. The van der Waals surface area contributed by atoms with Crippen LogP contribution in [-0.2, 0) is 0 Å². The molecule has 0 radical (unpaired) electrons. The van der Waals surface area contributed by atoms with Gasteiger partial charge in [0.2, 0.25) is 0 Å². The quantitative estimate of drug-likeness (QED) is 0.683. The fourth-order valence-electron chi connectivity index (χ4n) is 1.72. The first-order valence-corrected chi connectivity index (χ1v) is 4.70. The maximum absolute atomic E-state index is 9.26. The summed E-state index contributed by atoms with van der Waals surface area (Å²) in [6.07, 6.45) is 10.8. The largest absolute Gasteiger partial charge is 0.395 e. The second kappa shape index (κ2) is 3.90. The van der Waals surface area contributed by atoms with Gasteiger partial charge in [0.15, 0.2) is 0 Å². The first-order valence-electron chi connectivity index (χ1n) is 4.70. The standard InChI is InChI=1S/C11H18O/c1-3-6-10-7-4-5-8-11(10,2)9-12/h4-5,7-8,10,12H,3,6,9H2,1-2H3. The van der Waals surface area contributed by atoms with Crippen molar-refractivity contribution in [3.63, 3.8) is 0 Å². The van der Waals surface area contributed by atoms with Crippen LogP contribution in [0.25, 0.3) is 0 Å². The lowest BCUT2D eigenvalue weighted by atomic mass is 9.73. The fraction of sp³-hybridized carbons (Fsp3) is 0.636. The van der Waals surface area contributed by atoms with Crippen molar-refractivity contribution >= 4 is 0 Å². The predicted molar refractivity (Wildman–Crippen MR) is 51.9 cm³/mol. The highest BCUT2D eigenvalue weighted by Crippen LogP contribution is 2.35. The highest BCUT2D eigenvalue weighted by Gasteiger charge is 2.29. The van der Waals surface area contributed by atoms with Crippen LogP contribution in [0.4, 0.5) is 0 Å². The maximum atomic E-state index is 9.26. The molecule has 12 heavy (non-hydrogen) atoms. The Kier molecular flexibility index (Phi) is 3.10. The summed E-state index contributed by atoms with van der Waals surface area (Å²) < 4.78 is 0. The number of hydrogen-bond acceptors (Lipinski definition) is 1. The minimum absolute atomic E-state index is 0.0231. The number of aliphatic hydroxyl groups excluding tert-OH is 1. The molecule has 0 aromatic heterocycles. The van der Waals surface area contributed by atoms with Crippen LogP contribution in [0.3, 0.4) is 0 Å². The van der Waals surface area contributed by atoms with Crippen molar-refractivity contribution in [2.45, 2.75) is 26.7 Å². The molecule has 2 atom stereocenters. The third-order valence-corrected chi connectivity index (χ3v) is 2.72. The van der Waals surface area contributed by atoms with E-state index in [1.54, 1.807) is 0 Å². The smallest absolute Gasteiger partial charge is 0.0525 e. The van der Waals surface area contributed by atoms with E-state index < -0.39 is 0 Å². The van der Waals surface area contributed by atoms with Crippen molar-refractivity contribution in [3.8, 4) is 0 Å². The topological polar surface area (TPSA) is 20.2 Å². The van der Waals surface area contributed by atoms with Crippen LogP contribution < -0.4 is 0 Å². The van der Waals surface area contributed by atoms with Crippen molar-refractivity contribution in [2.75, 3.05) is 6.61 Å². The van der Waals surface area contributed by atoms with Gasteiger partial charge in [-0.15, -0.1) is 0 Å². The molecule has 1 rings (SSSR count). The van der Waals surface area contributed by atoms with Gasteiger partial charge >= 0.3 is 0 Å². The molecule has 0 saturated carbocycles. The lowest BCUT2D eigenvalue weighted by Crippen LogP contribution is -2.29. The Labute approximate surface area is 74.8 Å². The zero-order valence-electron chi connectivity index (χ0n) is 7.96. The van der Waals surface area contributed by atoms with Gasteiger partial charge in [0.1, 0.15) is 0 Å². The van der Waals surface area contributed by atoms with Gasteiger partial charge in [0, 0.05) is 5.41 Å². The first kappa shape index (κ1) is 9.53. The predicted octanol–water partition coefficient (Wildman–Crippen LogP) is 2.53. The zero-order chi connectivity index (χ0) is 9.03. The second-order valence-corrected chi connectivity index (χ2v) is 3.80. The maximum Gasteiger partial charge on any atom is 0.0525 e. The van der Waals surface area contributed by atoms with Crippen molar-refractivity contribution in [1.82, 2.24) is 0 Å². The Balaban J connectivity index is 2.70. The Morgan fingerprint density at radius 2 is 2.17 bits per heavy atom. The van der Waals surface area contributed by atoms with Gasteiger partial charge in [0.25, 0.3) is 0 Å². The highest BCUT2D eigenvalue weighted by atomic mass is 16.3. The summed E-state index contributed by atoms with van der Waals surface area (Å²) in [5.41, 5.74) is -0.0231. The average Bonchev–Trinajstić information content (AvgIpc) is 2.10. The van der Waals surface area contributed by atoms with E-state index in [9.17, 15) is 5.11 Å². The van der Waals surface area contributed by atoms with Crippen LogP contribution >= 0.6 is 0 Å². The van der Waals surface area contributed by atoms with Gasteiger partial charge in [-0.25, -0.2) is 0 Å². The van der Waals surface area contributed by atoms with E-state index in [1.807, 2.05) is 6.08 Å². The van der Waals surface area contributed by atoms with Crippen molar-refractivity contribution in [1.29, 1.82) is 0 Å². The molecule has 1 N–H and O–H groups in total. The van der Waals surface area contributed by atoms with Crippen LogP contribution in [0, 0.1) is 11.3 Å². The second-order valence-electron chi connectivity index (χ2n) is 3.80. The van der Waals surface area contributed by atoms with E-state index in [1.165, 1.54) is 6.42 Å². The normalized spacial score (nSPS) is 34.1. The molecule has 1 heteroatoms. The van der Waals surface area contributed by atoms with E-state index >= 15 is 0 Å². The molecular weight excluding hydrogens is 148 g/mol. The molecule has 2 unspecified atom stereocenters. The van der Waals surface area contributed by atoms with Crippen molar-refractivity contribution < 1.29 is 5.11 Å². The lowest BCUT2D eigenvalue weighted by molar-refractivity contribution is 0.138. The SMILES string of the molecule is CCCC1C=CC=CC1(C)CO. The molecular formula is C11H18O. The van der Waals surface area contributed by atoms with Gasteiger partial charge in [-0.05, 0) is 12.3 Å². The lowest BCUT2D eigenvalue weighted by Gasteiger charge is -2.33. The van der Waals surface area contributed by atoms with Gasteiger partial charge in [-0.1, -0.05) is 44.6 Å². The summed E-state index contributed by atoms with van der Waals surface area (Å²) in [7, 11) is 0. The monoisotopic (exact) mass is 166 g/mol. The molecule has 0 aromatic rings. The molecule has 0 heterocycles. The molecule has 0 fully saturated rings. The number of allylic oxidation sites excluding steroid dienone is 3. The Bertz CT molecular complexity index is 193. The van der Waals surface area contributed by atoms with Crippen LogP contribution in [0.2, 0.25) is 0 Å². The van der Waals surface area contributed by atoms with Gasteiger partial charge in [-0.2, -0.15) is 0 Å². The first-order chi connectivity index (χ1) is 5.73. The van der Waals surface area contributed by atoms with E-state index in [4.69, 9.17) is 0 Å². The zero-order valence-corrected chi connectivity index (χ0v) is 7.96. The summed E-state index contributed by atoms with van der Waals surface area (Å²) in [4.78, 5) is 0. The van der Waals surface area contributed by atoms with Crippen LogP contribution in [0.5, 0.6) is 0 Å². The van der Waals surface area contributed by atoms with E-state index in [2.05, 4.69) is 32.1 Å². The van der Waals surface area contributed by atoms with Crippen LogP contribution in [0.1, 0.15) is 26.7 Å². The number of hydrogen-bond donors (Lipinski definition) is 1. The number of rotatable bonds is 3. The minimum atomic E-state index is -0.0231. The van der Waals surface area contributed by atoms with Gasteiger partial charge < -0.3 is 5.11 Å². The van der Waals surface area contributed by atoms with E-state index in [0.717, 1.165) is 6.42 Å². The average molecular weight is 166 g/mol. The number of aliphatic hydroxyl groups is 1. The summed E-state index contributed by atoms with van der Waals surface area (Å²) in [6, 6.07) is 0. The van der Waals surface area contributed by atoms with Gasteiger partial charge in [0.05, 0.1) is 6.61 Å². The Morgan fingerprint density at radius 3 is 2.75 bits per heavy atom. The molecule has 0 spiro atoms. The minimum Gasteiger partial charge on any atom is -0.395 e. The summed E-state index contributed by atoms with van der Waals surface area (Å²) in [6.45, 7) is 4.55. The van der Waals surface area contributed by atoms with Gasteiger partial charge in [-0.3, -0.25) is 0 Å². The van der Waals surface area contributed by atoms with E-state index in [-0.39, 0.29) is 12.0 Å². The van der Waals surface area contributed by atoms with E-state index in [0.29, 0.717) is 5.92 Å². The summed E-state index contributed by atoms with van der Waals surface area (Å²) >= 11 is 0. The third-order valence-electron chi connectivity index (χ3n) is 2.72. The Hall–Kier alpha value is -0.560. The third kappa shape index (κ3) is 1.78. The molecule has 68 valence electrons. The van der Waals surface area contributed by atoms with Crippen LogP contribution in [0.15, 0.2) is 24.3 Å².